The first kappa shape index (κ1) is 28.8. The highest BCUT2D eigenvalue weighted by Crippen LogP contribution is 2.26. The highest BCUT2D eigenvalue weighted by atomic mass is 19.4. The number of halogens is 4. The first-order chi connectivity index (χ1) is 18.9. The average Bonchev–Trinajstić information content (AvgIpc) is 3.25. The maximum Gasteiger partial charge on any atom is 0.490 e. The number of aliphatic carboxylic acids is 1. The number of para-hydroxylation sites is 1. The summed E-state index contributed by atoms with van der Waals surface area (Å²) in [6, 6.07) is 18.6. The fourth-order valence-electron chi connectivity index (χ4n) is 4.91. The Hall–Kier alpha value is -4.19. The van der Waals surface area contributed by atoms with Gasteiger partial charge in [0.05, 0.1) is 5.52 Å². The number of benzene rings is 3. The molecule has 0 saturated carbocycles. The molecule has 212 valence electrons. The minimum atomic E-state index is -5.08. The summed E-state index contributed by atoms with van der Waals surface area (Å²) in [5, 5.41) is 12.4. The van der Waals surface area contributed by atoms with E-state index in [0.29, 0.717) is 11.1 Å². The van der Waals surface area contributed by atoms with Crippen molar-refractivity contribution in [2.24, 2.45) is 0 Å². The van der Waals surface area contributed by atoms with Gasteiger partial charge in [0.2, 0.25) is 0 Å². The Balaban J connectivity index is 0.000000470. The van der Waals surface area contributed by atoms with E-state index < -0.39 is 18.0 Å². The molecule has 5 rings (SSSR count). The average molecular weight is 561 g/mol. The predicted molar refractivity (Wildman–Crippen MR) is 142 cm³/mol. The number of carbonyl (C=O) groups excluding carboxylic acids is 1. The summed E-state index contributed by atoms with van der Waals surface area (Å²) in [4.78, 5) is 39.1. The van der Waals surface area contributed by atoms with Crippen LogP contribution in [0, 0.1) is 5.82 Å². The zero-order valence-electron chi connectivity index (χ0n) is 21.5. The van der Waals surface area contributed by atoms with E-state index in [1.165, 1.54) is 6.07 Å². The summed E-state index contributed by atoms with van der Waals surface area (Å²) in [5.41, 5.74) is 1.29. The number of fused-ring (bicyclic) bond motifs is 2. The predicted octanol–water partition coefficient (Wildman–Crippen LogP) is 4.71. The topological polar surface area (TPSA) is 107 Å². The van der Waals surface area contributed by atoms with E-state index in [4.69, 9.17) is 9.90 Å². The number of amides is 1. The molecular weight excluding hydrogens is 532 g/mol. The van der Waals surface area contributed by atoms with Crippen molar-refractivity contribution in [2.45, 2.75) is 38.0 Å². The van der Waals surface area contributed by atoms with E-state index in [1.54, 1.807) is 16.7 Å². The van der Waals surface area contributed by atoms with E-state index in [0.717, 1.165) is 43.2 Å². The minimum absolute atomic E-state index is 0.00886. The van der Waals surface area contributed by atoms with Crippen LogP contribution in [0.4, 0.5) is 17.6 Å². The van der Waals surface area contributed by atoms with Crippen LogP contribution in [-0.4, -0.2) is 63.3 Å². The highest BCUT2D eigenvalue weighted by molar-refractivity contribution is 5.98. The van der Waals surface area contributed by atoms with E-state index in [2.05, 4.69) is 15.2 Å². The molecule has 4 aromatic rings. The monoisotopic (exact) mass is 560 g/mol. The molecule has 12 heteroatoms. The second-order valence-corrected chi connectivity index (χ2v) is 9.71. The largest absolute Gasteiger partial charge is 0.490 e. The van der Waals surface area contributed by atoms with Gasteiger partial charge in [0.1, 0.15) is 11.3 Å². The second kappa shape index (κ2) is 11.9. The van der Waals surface area contributed by atoms with Gasteiger partial charge in [0, 0.05) is 37.3 Å². The maximum absolute atomic E-state index is 14.0. The number of nitrogens with zero attached hydrogens (tertiary/aromatic N) is 2. The Morgan fingerprint density at radius 2 is 1.70 bits per heavy atom. The Bertz CT molecular complexity index is 1570. The van der Waals surface area contributed by atoms with Crippen LogP contribution in [0.2, 0.25) is 0 Å². The molecule has 0 aliphatic carbocycles. The van der Waals surface area contributed by atoms with Crippen molar-refractivity contribution in [3.63, 3.8) is 0 Å². The Kier molecular flexibility index (Phi) is 8.58. The number of carbonyl (C=O) groups is 2. The molecule has 1 aliphatic heterocycles. The lowest BCUT2D eigenvalue weighted by molar-refractivity contribution is -0.192. The molecule has 0 spiro atoms. The summed E-state index contributed by atoms with van der Waals surface area (Å²) in [7, 11) is 0. The standard InChI is InChI=1S/C26H27FN4O2.C2HF3O2/c1-17(28-25(32)20-10-9-18-5-2-3-6-19(18)15-20)16-30-13-11-21(12-14-30)31-23-8-4-7-22(27)24(23)29-26(31)33;3-2(4,5)1(6)7/h2-10,15,17,21H,11-14,16H2,1H3,(H,28,32)(H,29,33);(H,6,7)/t17-;/m0./s1. The van der Waals surface area contributed by atoms with Crippen molar-refractivity contribution < 1.29 is 32.3 Å². The van der Waals surface area contributed by atoms with E-state index in [-0.39, 0.29) is 29.2 Å². The smallest absolute Gasteiger partial charge is 0.475 e. The fourth-order valence-corrected chi connectivity index (χ4v) is 4.91. The Labute approximate surface area is 226 Å². The van der Waals surface area contributed by atoms with Crippen molar-refractivity contribution in [2.75, 3.05) is 19.6 Å². The van der Waals surface area contributed by atoms with Crippen molar-refractivity contribution in [1.82, 2.24) is 19.8 Å². The molecule has 40 heavy (non-hydrogen) atoms. The normalized spacial score (nSPS) is 15.4. The van der Waals surface area contributed by atoms with E-state index in [1.807, 2.05) is 49.4 Å². The van der Waals surface area contributed by atoms with E-state index >= 15 is 0 Å². The van der Waals surface area contributed by atoms with E-state index in [9.17, 15) is 27.2 Å². The van der Waals surface area contributed by atoms with Crippen LogP contribution in [-0.2, 0) is 4.79 Å². The van der Waals surface area contributed by atoms with Gasteiger partial charge in [0.25, 0.3) is 5.91 Å². The first-order valence-electron chi connectivity index (χ1n) is 12.6. The van der Waals surface area contributed by atoms with Crippen LogP contribution in [0.25, 0.3) is 21.8 Å². The molecule has 1 fully saturated rings. The Morgan fingerprint density at radius 1 is 1.05 bits per heavy atom. The third-order valence-electron chi connectivity index (χ3n) is 6.79. The molecule has 0 unspecified atom stereocenters. The number of hydrogen-bond acceptors (Lipinski definition) is 4. The van der Waals surface area contributed by atoms with Crippen LogP contribution in [0.3, 0.4) is 0 Å². The zero-order valence-corrected chi connectivity index (χ0v) is 21.5. The first-order valence-corrected chi connectivity index (χ1v) is 12.6. The van der Waals surface area contributed by atoms with Crippen molar-refractivity contribution in [1.29, 1.82) is 0 Å². The molecule has 1 saturated heterocycles. The van der Waals surface area contributed by atoms with Gasteiger partial charge in [0.15, 0.2) is 0 Å². The number of carboxylic acids is 1. The number of aromatic amines is 1. The van der Waals surface area contributed by atoms with Gasteiger partial charge in [-0.15, -0.1) is 0 Å². The third kappa shape index (κ3) is 6.68. The van der Waals surface area contributed by atoms with Crippen LogP contribution in [0.5, 0.6) is 0 Å². The van der Waals surface area contributed by atoms with Gasteiger partial charge in [-0.2, -0.15) is 13.2 Å². The number of imidazole rings is 1. The van der Waals surface area contributed by atoms with Crippen molar-refractivity contribution in [3.8, 4) is 0 Å². The molecule has 0 radical (unpaired) electrons. The third-order valence-corrected chi connectivity index (χ3v) is 6.79. The maximum atomic E-state index is 14.0. The lowest BCUT2D eigenvalue weighted by Crippen LogP contribution is -2.45. The van der Waals surface area contributed by atoms with Crippen LogP contribution in [0.15, 0.2) is 65.5 Å². The molecule has 1 aliphatic rings. The number of H-pyrrole nitrogens is 1. The highest BCUT2D eigenvalue weighted by Gasteiger charge is 2.38. The quantitative estimate of drug-likeness (QED) is 0.307. The molecule has 1 amide bonds. The lowest BCUT2D eigenvalue weighted by atomic mass is 10.0. The van der Waals surface area contributed by atoms with Gasteiger partial charge in [-0.1, -0.05) is 36.4 Å². The number of alkyl halides is 3. The summed E-state index contributed by atoms with van der Waals surface area (Å²) < 4.78 is 47.5. The van der Waals surface area contributed by atoms with Gasteiger partial charge < -0.3 is 20.3 Å². The SMILES string of the molecule is C[C@@H](CN1CCC(n2c(=O)[nH]c3c(F)cccc32)CC1)NC(=O)c1ccc2ccccc2c1.O=C(O)C(F)(F)F. The van der Waals surface area contributed by atoms with Crippen LogP contribution >= 0.6 is 0 Å². The number of rotatable bonds is 5. The number of piperidine rings is 1. The number of aromatic nitrogens is 2. The molecule has 1 aromatic heterocycles. The molecule has 8 nitrogen and oxygen atoms in total. The second-order valence-electron chi connectivity index (χ2n) is 9.71. The molecule has 2 heterocycles. The molecular formula is C28H28F4N4O4. The fraction of sp³-hybridized carbons (Fsp3) is 0.321. The van der Waals surface area contributed by atoms with Crippen LogP contribution in [0.1, 0.15) is 36.2 Å². The number of nitrogens with one attached hydrogen (secondary N) is 2. The van der Waals surface area contributed by atoms with Crippen molar-refractivity contribution >= 4 is 33.7 Å². The summed E-state index contributed by atoms with van der Waals surface area (Å²) in [6.45, 7) is 4.38. The summed E-state index contributed by atoms with van der Waals surface area (Å²) >= 11 is 0. The van der Waals surface area contributed by atoms with Crippen molar-refractivity contribution in [3.05, 3.63) is 82.5 Å². The van der Waals surface area contributed by atoms with Gasteiger partial charge in [-0.25, -0.2) is 14.0 Å². The summed E-state index contributed by atoms with van der Waals surface area (Å²) in [5.74, 6) is -3.24. The summed E-state index contributed by atoms with van der Waals surface area (Å²) in [6.07, 6.45) is -3.48. The number of hydrogen-bond donors (Lipinski definition) is 3. The minimum Gasteiger partial charge on any atom is -0.475 e. The van der Waals surface area contributed by atoms with Gasteiger partial charge >= 0.3 is 17.8 Å². The Morgan fingerprint density at radius 3 is 2.35 bits per heavy atom. The zero-order chi connectivity index (χ0) is 29.0. The molecule has 3 N–H and O–H groups in total. The van der Waals surface area contributed by atoms with Gasteiger partial charge in [-0.3, -0.25) is 9.36 Å². The van der Waals surface area contributed by atoms with Gasteiger partial charge in [-0.05, 0) is 54.8 Å². The number of likely N-dealkylation sites (tertiary alicyclic amines) is 1. The molecule has 3 aromatic carbocycles. The number of carboxylic acid groups (broad SMARTS) is 1. The molecule has 1 atom stereocenters. The van der Waals surface area contributed by atoms with Crippen LogP contribution < -0.4 is 11.0 Å². The lowest BCUT2D eigenvalue weighted by Gasteiger charge is -2.34. The molecule has 0 bridgehead atoms.